The van der Waals surface area contributed by atoms with Gasteiger partial charge in [0, 0.05) is 30.6 Å². The Hall–Kier alpha value is -0.770. The summed E-state index contributed by atoms with van der Waals surface area (Å²) in [6.07, 6.45) is 1.79. The zero-order valence-electron chi connectivity index (χ0n) is 12.6. The van der Waals surface area contributed by atoms with Gasteiger partial charge in [-0.3, -0.25) is 4.79 Å². The standard InChI is InChI=1S/C16H23ClN2O.ClH/c1-3-12(4-2)16(20)19-10-9-18-11-15(19)13-7-5-6-8-14(13)17;/h5-8,12,15,18H,3-4,9-11H2,1-2H3;1H. The van der Waals surface area contributed by atoms with Gasteiger partial charge in [0.15, 0.2) is 0 Å². The number of nitrogens with one attached hydrogen (secondary N) is 1. The van der Waals surface area contributed by atoms with Crippen LogP contribution in [0.25, 0.3) is 0 Å². The predicted octanol–water partition coefficient (Wildman–Crippen LogP) is 3.67. The summed E-state index contributed by atoms with van der Waals surface area (Å²) >= 11 is 6.31. The van der Waals surface area contributed by atoms with Crippen LogP contribution in [0.5, 0.6) is 0 Å². The quantitative estimate of drug-likeness (QED) is 0.913. The van der Waals surface area contributed by atoms with Crippen molar-refractivity contribution in [3.05, 3.63) is 34.9 Å². The summed E-state index contributed by atoms with van der Waals surface area (Å²) in [6, 6.07) is 7.87. The molecule has 0 spiro atoms. The van der Waals surface area contributed by atoms with Crippen LogP contribution < -0.4 is 5.32 Å². The molecular weight excluding hydrogens is 307 g/mol. The van der Waals surface area contributed by atoms with Gasteiger partial charge in [0.2, 0.25) is 5.91 Å². The van der Waals surface area contributed by atoms with Crippen molar-refractivity contribution in [2.45, 2.75) is 32.7 Å². The SMILES string of the molecule is CCC(CC)C(=O)N1CCNCC1c1ccccc1Cl.Cl. The largest absolute Gasteiger partial charge is 0.333 e. The number of carbonyl (C=O) groups is 1. The number of halogens is 2. The first-order valence-corrected chi connectivity index (χ1v) is 7.82. The second-order valence-electron chi connectivity index (χ2n) is 5.29. The van der Waals surface area contributed by atoms with E-state index in [0.29, 0.717) is 0 Å². The van der Waals surface area contributed by atoms with Crippen LogP contribution in [-0.2, 0) is 4.79 Å². The lowest BCUT2D eigenvalue weighted by atomic mass is 9.97. The third kappa shape index (κ3) is 4.12. The number of benzene rings is 1. The molecule has 2 rings (SSSR count). The zero-order valence-corrected chi connectivity index (χ0v) is 14.2. The third-order valence-corrected chi connectivity index (χ3v) is 4.47. The van der Waals surface area contributed by atoms with Crippen LogP contribution in [0.3, 0.4) is 0 Å². The van der Waals surface area contributed by atoms with E-state index in [1.807, 2.05) is 29.2 Å². The fourth-order valence-electron chi connectivity index (χ4n) is 2.86. The maximum Gasteiger partial charge on any atom is 0.226 e. The minimum absolute atomic E-state index is 0. The Morgan fingerprint density at radius 2 is 2.05 bits per heavy atom. The van der Waals surface area contributed by atoms with Gasteiger partial charge in [-0.1, -0.05) is 43.6 Å². The van der Waals surface area contributed by atoms with Gasteiger partial charge in [-0.15, -0.1) is 12.4 Å². The van der Waals surface area contributed by atoms with E-state index in [-0.39, 0.29) is 30.3 Å². The van der Waals surface area contributed by atoms with Gasteiger partial charge in [0.05, 0.1) is 6.04 Å². The fourth-order valence-corrected chi connectivity index (χ4v) is 3.13. The minimum atomic E-state index is 0. The zero-order chi connectivity index (χ0) is 14.5. The molecular formula is C16H24Cl2N2O. The molecule has 1 saturated heterocycles. The minimum Gasteiger partial charge on any atom is -0.333 e. The summed E-state index contributed by atoms with van der Waals surface area (Å²) in [5.41, 5.74) is 1.04. The lowest BCUT2D eigenvalue weighted by Gasteiger charge is -2.38. The molecule has 1 aliphatic heterocycles. The third-order valence-electron chi connectivity index (χ3n) is 4.13. The van der Waals surface area contributed by atoms with Crippen LogP contribution in [0.15, 0.2) is 24.3 Å². The highest BCUT2D eigenvalue weighted by molar-refractivity contribution is 6.31. The van der Waals surface area contributed by atoms with Crippen LogP contribution in [0.1, 0.15) is 38.3 Å². The summed E-state index contributed by atoms with van der Waals surface area (Å²) in [4.78, 5) is 14.7. The van der Waals surface area contributed by atoms with Gasteiger partial charge in [-0.2, -0.15) is 0 Å². The number of piperazine rings is 1. The molecule has 1 atom stereocenters. The number of hydrogen-bond acceptors (Lipinski definition) is 2. The Morgan fingerprint density at radius 1 is 1.38 bits per heavy atom. The highest BCUT2D eigenvalue weighted by Crippen LogP contribution is 2.30. The second-order valence-corrected chi connectivity index (χ2v) is 5.69. The summed E-state index contributed by atoms with van der Waals surface area (Å²) in [6.45, 7) is 6.55. The van der Waals surface area contributed by atoms with E-state index >= 15 is 0 Å². The molecule has 118 valence electrons. The van der Waals surface area contributed by atoms with E-state index < -0.39 is 0 Å². The van der Waals surface area contributed by atoms with Crippen molar-refractivity contribution in [1.82, 2.24) is 10.2 Å². The first-order chi connectivity index (χ1) is 9.69. The molecule has 1 fully saturated rings. The van der Waals surface area contributed by atoms with Gasteiger partial charge >= 0.3 is 0 Å². The van der Waals surface area contributed by atoms with Gasteiger partial charge in [-0.25, -0.2) is 0 Å². The molecule has 0 aromatic heterocycles. The Balaban J connectivity index is 0.00000220. The second kappa shape index (κ2) is 8.62. The Labute approximate surface area is 138 Å². The molecule has 1 aromatic carbocycles. The Kier molecular flexibility index (Phi) is 7.50. The van der Waals surface area contributed by atoms with Crippen molar-refractivity contribution < 1.29 is 4.79 Å². The van der Waals surface area contributed by atoms with E-state index in [2.05, 4.69) is 19.2 Å². The summed E-state index contributed by atoms with van der Waals surface area (Å²) in [5, 5.41) is 4.11. The molecule has 1 aliphatic rings. The van der Waals surface area contributed by atoms with Crippen LogP contribution >= 0.6 is 24.0 Å². The molecule has 1 unspecified atom stereocenters. The van der Waals surface area contributed by atoms with Gasteiger partial charge < -0.3 is 10.2 Å². The molecule has 0 saturated carbocycles. The molecule has 5 heteroatoms. The molecule has 1 N–H and O–H groups in total. The number of rotatable bonds is 4. The number of hydrogen-bond donors (Lipinski definition) is 1. The van der Waals surface area contributed by atoms with E-state index in [1.54, 1.807) is 0 Å². The van der Waals surface area contributed by atoms with Crippen LogP contribution in [0.2, 0.25) is 5.02 Å². The first-order valence-electron chi connectivity index (χ1n) is 7.44. The van der Waals surface area contributed by atoms with Crippen molar-refractivity contribution in [1.29, 1.82) is 0 Å². The highest BCUT2D eigenvalue weighted by Gasteiger charge is 2.31. The van der Waals surface area contributed by atoms with Gasteiger partial charge in [0.25, 0.3) is 0 Å². The highest BCUT2D eigenvalue weighted by atomic mass is 35.5. The number of amides is 1. The maximum atomic E-state index is 12.7. The van der Waals surface area contributed by atoms with E-state index in [1.165, 1.54) is 0 Å². The van der Waals surface area contributed by atoms with Crippen LogP contribution in [-0.4, -0.2) is 30.4 Å². The molecule has 0 radical (unpaired) electrons. The Bertz CT molecular complexity index is 463. The number of nitrogens with zero attached hydrogens (tertiary/aromatic N) is 1. The van der Waals surface area contributed by atoms with Crippen molar-refractivity contribution >= 4 is 29.9 Å². The fraction of sp³-hybridized carbons (Fsp3) is 0.562. The molecule has 1 amide bonds. The van der Waals surface area contributed by atoms with Crippen molar-refractivity contribution in [3.63, 3.8) is 0 Å². The topological polar surface area (TPSA) is 32.3 Å². The summed E-state index contributed by atoms with van der Waals surface area (Å²) in [7, 11) is 0. The maximum absolute atomic E-state index is 12.7. The van der Waals surface area contributed by atoms with Crippen molar-refractivity contribution in [2.24, 2.45) is 5.92 Å². The van der Waals surface area contributed by atoms with E-state index in [4.69, 9.17) is 11.6 Å². The monoisotopic (exact) mass is 330 g/mol. The van der Waals surface area contributed by atoms with Crippen LogP contribution in [0, 0.1) is 5.92 Å². The average Bonchev–Trinajstić information content (AvgIpc) is 2.49. The molecule has 1 aromatic rings. The summed E-state index contributed by atoms with van der Waals surface area (Å²) < 4.78 is 0. The van der Waals surface area contributed by atoms with Gasteiger partial charge in [0.1, 0.15) is 0 Å². The lowest BCUT2D eigenvalue weighted by molar-refractivity contribution is -0.139. The molecule has 21 heavy (non-hydrogen) atoms. The van der Waals surface area contributed by atoms with Crippen molar-refractivity contribution in [3.8, 4) is 0 Å². The number of carbonyl (C=O) groups excluding carboxylic acids is 1. The average molecular weight is 331 g/mol. The predicted molar refractivity (Wildman–Crippen MR) is 90.1 cm³/mol. The van der Waals surface area contributed by atoms with E-state index in [0.717, 1.165) is 43.1 Å². The smallest absolute Gasteiger partial charge is 0.226 e. The molecule has 0 aliphatic carbocycles. The molecule has 3 nitrogen and oxygen atoms in total. The normalized spacial score (nSPS) is 18.5. The van der Waals surface area contributed by atoms with E-state index in [9.17, 15) is 4.79 Å². The molecule has 1 heterocycles. The van der Waals surface area contributed by atoms with Gasteiger partial charge in [-0.05, 0) is 24.5 Å². The van der Waals surface area contributed by atoms with Crippen LogP contribution in [0.4, 0.5) is 0 Å². The molecule has 0 bridgehead atoms. The first kappa shape index (κ1) is 18.3. The lowest BCUT2D eigenvalue weighted by Crippen LogP contribution is -2.50. The summed E-state index contributed by atoms with van der Waals surface area (Å²) in [5.74, 6) is 0.388. The van der Waals surface area contributed by atoms with Crippen molar-refractivity contribution in [2.75, 3.05) is 19.6 Å². The Morgan fingerprint density at radius 3 is 2.67 bits per heavy atom.